The highest BCUT2D eigenvalue weighted by Gasteiger charge is 2.15. The molecule has 1 aromatic carbocycles. The molecule has 0 atom stereocenters. The molecule has 5 heteroatoms. The fourth-order valence-electron chi connectivity index (χ4n) is 2.82. The third kappa shape index (κ3) is 3.60. The summed E-state index contributed by atoms with van der Waals surface area (Å²) in [5.41, 5.74) is 1.38. The van der Waals surface area contributed by atoms with Crippen LogP contribution in [0.4, 0.5) is 0 Å². The van der Waals surface area contributed by atoms with E-state index in [-0.39, 0.29) is 17.5 Å². The number of fused-ring (bicyclic) bond motifs is 1. The fourth-order valence-corrected chi connectivity index (χ4v) is 2.82. The number of aromatic nitrogens is 2. The number of hydrogen-bond donors (Lipinski definition) is 1. The second kappa shape index (κ2) is 7.30. The number of nitrogens with zero attached hydrogens (tertiary/aromatic N) is 2. The number of rotatable bonds is 5. The predicted molar refractivity (Wildman–Crippen MR) is 98.9 cm³/mol. The summed E-state index contributed by atoms with van der Waals surface area (Å²) in [6.45, 7) is 4.35. The van der Waals surface area contributed by atoms with E-state index in [4.69, 9.17) is 0 Å². The molecule has 25 heavy (non-hydrogen) atoms. The Bertz CT molecular complexity index is 946. The van der Waals surface area contributed by atoms with E-state index in [2.05, 4.69) is 10.3 Å². The third-order valence-electron chi connectivity index (χ3n) is 4.14. The zero-order chi connectivity index (χ0) is 17.8. The topological polar surface area (TPSA) is 64.0 Å². The van der Waals surface area contributed by atoms with Crippen LogP contribution in [0, 0.1) is 0 Å². The zero-order valence-electron chi connectivity index (χ0n) is 14.4. The van der Waals surface area contributed by atoms with E-state index in [0.29, 0.717) is 29.3 Å². The summed E-state index contributed by atoms with van der Waals surface area (Å²) in [5, 5.41) is 4.17. The molecule has 0 bridgehead atoms. The molecular formula is C20H21N3O2. The van der Waals surface area contributed by atoms with Crippen molar-refractivity contribution in [1.82, 2.24) is 14.9 Å². The van der Waals surface area contributed by atoms with Crippen LogP contribution in [0.1, 0.15) is 35.9 Å². The molecule has 0 aliphatic carbocycles. The molecule has 0 aliphatic rings. The van der Waals surface area contributed by atoms with Gasteiger partial charge in [-0.15, -0.1) is 0 Å². The maximum atomic E-state index is 12.7. The summed E-state index contributed by atoms with van der Waals surface area (Å²) in [7, 11) is 0. The predicted octanol–water partition coefficient (Wildman–Crippen LogP) is 2.95. The summed E-state index contributed by atoms with van der Waals surface area (Å²) in [6, 6.07) is 12.9. The van der Waals surface area contributed by atoms with Gasteiger partial charge in [0.1, 0.15) is 0 Å². The van der Waals surface area contributed by atoms with Gasteiger partial charge in [-0.2, -0.15) is 0 Å². The first-order valence-corrected chi connectivity index (χ1v) is 8.40. The van der Waals surface area contributed by atoms with Gasteiger partial charge in [-0.3, -0.25) is 14.6 Å². The summed E-state index contributed by atoms with van der Waals surface area (Å²) < 4.78 is 1.61. The van der Waals surface area contributed by atoms with Crippen molar-refractivity contribution in [3.05, 3.63) is 76.5 Å². The molecule has 0 saturated heterocycles. The fraction of sp³-hybridized carbons (Fsp3) is 0.250. The van der Waals surface area contributed by atoms with Gasteiger partial charge in [-0.05, 0) is 32.0 Å². The van der Waals surface area contributed by atoms with Gasteiger partial charge in [-0.25, -0.2) is 0 Å². The summed E-state index contributed by atoms with van der Waals surface area (Å²) in [6.07, 6.45) is 4.06. The van der Waals surface area contributed by atoms with Crippen molar-refractivity contribution in [3.8, 4) is 0 Å². The monoisotopic (exact) mass is 335 g/mol. The van der Waals surface area contributed by atoms with Gasteiger partial charge in [0.05, 0.1) is 5.56 Å². The molecule has 128 valence electrons. The second-order valence-corrected chi connectivity index (χ2v) is 6.22. The Hall–Kier alpha value is -2.95. The minimum atomic E-state index is -0.179. The van der Waals surface area contributed by atoms with Crippen LogP contribution in [0.3, 0.4) is 0 Å². The molecule has 0 spiro atoms. The van der Waals surface area contributed by atoms with E-state index < -0.39 is 0 Å². The molecule has 3 rings (SSSR count). The van der Waals surface area contributed by atoms with Crippen LogP contribution < -0.4 is 10.9 Å². The number of benzene rings is 1. The standard InChI is InChI=1S/C20H21N3O2/c1-14(2)23-13-18(16-8-3-4-9-17(16)20(23)25)19(24)22-12-10-15-7-5-6-11-21-15/h3-9,11,13-14H,10,12H2,1-2H3,(H,22,24). The highest BCUT2D eigenvalue weighted by Crippen LogP contribution is 2.17. The second-order valence-electron chi connectivity index (χ2n) is 6.22. The smallest absolute Gasteiger partial charge is 0.258 e. The van der Waals surface area contributed by atoms with E-state index in [9.17, 15) is 9.59 Å². The third-order valence-corrected chi connectivity index (χ3v) is 4.14. The van der Waals surface area contributed by atoms with Gasteiger partial charge >= 0.3 is 0 Å². The molecule has 1 N–H and O–H groups in total. The first-order chi connectivity index (χ1) is 12.1. The lowest BCUT2D eigenvalue weighted by molar-refractivity contribution is 0.0955. The number of carbonyl (C=O) groups is 1. The molecule has 1 amide bonds. The maximum absolute atomic E-state index is 12.7. The van der Waals surface area contributed by atoms with Crippen molar-refractivity contribution >= 4 is 16.7 Å². The number of nitrogens with one attached hydrogen (secondary N) is 1. The van der Waals surface area contributed by atoms with Crippen molar-refractivity contribution in [2.24, 2.45) is 0 Å². The van der Waals surface area contributed by atoms with Gasteiger partial charge < -0.3 is 9.88 Å². The number of pyridine rings is 2. The SMILES string of the molecule is CC(C)n1cc(C(=O)NCCc2ccccn2)c2ccccc2c1=O. The van der Waals surface area contributed by atoms with Crippen LogP contribution >= 0.6 is 0 Å². The lowest BCUT2D eigenvalue weighted by atomic mass is 10.1. The molecule has 3 aromatic rings. The van der Waals surface area contributed by atoms with Crippen molar-refractivity contribution in [2.75, 3.05) is 6.54 Å². The van der Waals surface area contributed by atoms with Crippen molar-refractivity contribution in [2.45, 2.75) is 26.3 Å². The molecule has 0 radical (unpaired) electrons. The average Bonchev–Trinajstić information content (AvgIpc) is 2.62. The van der Waals surface area contributed by atoms with Crippen LogP contribution in [-0.4, -0.2) is 22.0 Å². The summed E-state index contributed by atoms with van der Waals surface area (Å²) >= 11 is 0. The minimum Gasteiger partial charge on any atom is -0.352 e. The molecule has 0 aliphatic heterocycles. The van der Waals surface area contributed by atoms with Crippen LogP contribution in [0.25, 0.3) is 10.8 Å². The Labute approximate surface area is 146 Å². The van der Waals surface area contributed by atoms with E-state index in [1.54, 1.807) is 23.0 Å². The minimum absolute atomic E-state index is 0.0165. The molecule has 0 fully saturated rings. The van der Waals surface area contributed by atoms with E-state index >= 15 is 0 Å². The van der Waals surface area contributed by atoms with Crippen LogP contribution in [0.2, 0.25) is 0 Å². The van der Waals surface area contributed by atoms with E-state index in [0.717, 1.165) is 5.69 Å². The summed E-state index contributed by atoms with van der Waals surface area (Å²) in [5.74, 6) is -0.179. The van der Waals surface area contributed by atoms with Gasteiger partial charge in [0, 0.05) is 47.9 Å². The van der Waals surface area contributed by atoms with Crippen LogP contribution in [0.5, 0.6) is 0 Å². The Morgan fingerprint density at radius 2 is 1.84 bits per heavy atom. The molecular weight excluding hydrogens is 314 g/mol. The lowest BCUT2D eigenvalue weighted by Gasteiger charge is -2.15. The molecule has 2 heterocycles. The summed E-state index contributed by atoms with van der Waals surface area (Å²) in [4.78, 5) is 29.5. The van der Waals surface area contributed by atoms with Crippen LogP contribution in [0.15, 0.2) is 59.7 Å². The number of hydrogen-bond acceptors (Lipinski definition) is 3. The van der Waals surface area contributed by atoms with Gasteiger partial charge in [0.2, 0.25) is 0 Å². The van der Waals surface area contributed by atoms with E-state index in [1.165, 1.54) is 0 Å². The molecule has 5 nitrogen and oxygen atoms in total. The van der Waals surface area contributed by atoms with Crippen LogP contribution in [-0.2, 0) is 6.42 Å². The first-order valence-electron chi connectivity index (χ1n) is 8.40. The van der Waals surface area contributed by atoms with Gasteiger partial charge in [0.25, 0.3) is 11.5 Å². The highest BCUT2D eigenvalue weighted by atomic mass is 16.2. The number of amides is 1. The Kier molecular flexibility index (Phi) is 4.93. The zero-order valence-corrected chi connectivity index (χ0v) is 14.4. The Balaban J connectivity index is 1.88. The first kappa shape index (κ1) is 16.9. The lowest BCUT2D eigenvalue weighted by Crippen LogP contribution is -2.29. The Morgan fingerprint density at radius 1 is 1.12 bits per heavy atom. The van der Waals surface area contributed by atoms with Gasteiger partial charge in [-0.1, -0.05) is 24.3 Å². The quantitative estimate of drug-likeness (QED) is 0.780. The average molecular weight is 335 g/mol. The largest absolute Gasteiger partial charge is 0.352 e. The van der Waals surface area contributed by atoms with Gasteiger partial charge in [0.15, 0.2) is 0 Å². The van der Waals surface area contributed by atoms with E-state index in [1.807, 2.05) is 50.2 Å². The van der Waals surface area contributed by atoms with Crippen molar-refractivity contribution in [3.63, 3.8) is 0 Å². The van der Waals surface area contributed by atoms with Crippen molar-refractivity contribution in [1.29, 1.82) is 0 Å². The normalized spacial score (nSPS) is 11.0. The highest BCUT2D eigenvalue weighted by molar-refractivity contribution is 6.06. The molecule has 0 unspecified atom stereocenters. The number of carbonyl (C=O) groups excluding carboxylic acids is 1. The molecule has 0 saturated carbocycles. The van der Waals surface area contributed by atoms with Crippen molar-refractivity contribution < 1.29 is 4.79 Å². The maximum Gasteiger partial charge on any atom is 0.258 e. The Morgan fingerprint density at radius 3 is 2.52 bits per heavy atom. The molecule has 2 aromatic heterocycles.